The van der Waals surface area contributed by atoms with Crippen LogP contribution in [-0.4, -0.2) is 18.4 Å². The number of carbonyl (C=O) groups is 2. The zero-order valence-electron chi connectivity index (χ0n) is 13.7. The first-order chi connectivity index (χ1) is 12.0. The van der Waals surface area contributed by atoms with Gasteiger partial charge in [-0.3, -0.25) is 9.59 Å². The molecule has 2 aromatic rings. The normalized spacial score (nSPS) is 10.2. The molecule has 0 radical (unpaired) electrons. The van der Waals surface area contributed by atoms with E-state index in [1.807, 2.05) is 13.0 Å². The Morgan fingerprint density at radius 1 is 0.960 bits per heavy atom. The number of benzene rings is 2. The van der Waals surface area contributed by atoms with Crippen molar-refractivity contribution in [2.75, 3.05) is 22.5 Å². The highest BCUT2D eigenvalue weighted by molar-refractivity contribution is 6.34. The van der Waals surface area contributed by atoms with Gasteiger partial charge < -0.3 is 16.0 Å². The summed E-state index contributed by atoms with van der Waals surface area (Å²) in [6.45, 7) is 1.99. The molecular formula is C18H19Cl2N3O2. The second-order valence-corrected chi connectivity index (χ2v) is 6.25. The van der Waals surface area contributed by atoms with Gasteiger partial charge in [0.2, 0.25) is 11.8 Å². The minimum Gasteiger partial charge on any atom is -0.376 e. The molecule has 0 aliphatic rings. The highest BCUT2D eigenvalue weighted by atomic mass is 35.5. The SMILES string of the molecule is CCCC(=O)Nc1ccc(Cl)c(NC(=O)CNc2cccc(Cl)c2)c1. The first-order valence-electron chi connectivity index (χ1n) is 7.86. The molecule has 0 aromatic heterocycles. The summed E-state index contributed by atoms with van der Waals surface area (Å²) in [4.78, 5) is 23.8. The zero-order valence-corrected chi connectivity index (χ0v) is 15.2. The second kappa shape index (κ2) is 9.30. The van der Waals surface area contributed by atoms with Crippen LogP contribution in [0.1, 0.15) is 19.8 Å². The van der Waals surface area contributed by atoms with E-state index in [2.05, 4.69) is 16.0 Å². The molecule has 25 heavy (non-hydrogen) atoms. The molecule has 0 bridgehead atoms. The molecular weight excluding hydrogens is 361 g/mol. The molecule has 2 amide bonds. The molecule has 0 aliphatic heterocycles. The first kappa shape index (κ1) is 19.1. The summed E-state index contributed by atoms with van der Waals surface area (Å²) in [6, 6.07) is 12.0. The zero-order chi connectivity index (χ0) is 18.2. The third-order valence-electron chi connectivity index (χ3n) is 3.28. The summed E-state index contributed by atoms with van der Waals surface area (Å²) in [6.07, 6.45) is 1.20. The maximum absolute atomic E-state index is 12.1. The minimum absolute atomic E-state index is 0.0586. The quantitative estimate of drug-likeness (QED) is 0.647. The summed E-state index contributed by atoms with van der Waals surface area (Å²) in [5.74, 6) is -0.344. The molecule has 3 N–H and O–H groups in total. The number of hydrogen-bond donors (Lipinski definition) is 3. The molecule has 132 valence electrons. The molecule has 5 nitrogen and oxygen atoms in total. The largest absolute Gasteiger partial charge is 0.376 e. The number of anilines is 3. The summed E-state index contributed by atoms with van der Waals surface area (Å²) in [7, 11) is 0. The van der Waals surface area contributed by atoms with E-state index >= 15 is 0 Å². The van der Waals surface area contributed by atoms with Crippen LogP contribution in [0.2, 0.25) is 10.0 Å². The Bertz CT molecular complexity index is 766. The molecule has 2 aromatic carbocycles. The average Bonchev–Trinajstić information content (AvgIpc) is 2.56. The van der Waals surface area contributed by atoms with Crippen LogP contribution in [-0.2, 0) is 9.59 Å². The number of rotatable bonds is 7. The Morgan fingerprint density at radius 2 is 1.76 bits per heavy atom. The van der Waals surface area contributed by atoms with Gasteiger partial charge in [-0.25, -0.2) is 0 Å². The highest BCUT2D eigenvalue weighted by Gasteiger charge is 2.09. The van der Waals surface area contributed by atoms with Crippen LogP contribution < -0.4 is 16.0 Å². The lowest BCUT2D eigenvalue weighted by atomic mass is 10.2. The van der Waals surface area contributed by atoms with E-state index in [-0.39, 0.29) is 18.4 Å². The van der Waals surface area contributed by atoms with Crippen LogP contribution in [0.25, 0.3) is 0 Å². The Balaban J connectivity index is 1.96. The van der Waals surface area contributed by atoms with Crippen molar-refractivity contribution >= 4 is 52.1 Å². The van der Waals surface area contributed by atoms with Gasteiger partial charge in [0.1, 0.15) is 0 Å². The molecule has 0 aliphatic carbocycles. The molecule has 2 rings (SSSR count). The summed E-state index contributed by atoms with van der Waals surface area (Å²) < 4.78 is 0. The lowest BCUT2D eigenvalue weighted by Crippen LogP contribution is -2.22. The Kier molecular flexibility index (Phi) is 7.10. The van der Waals surface area contributed by atoms with E-state index in [4.69, 9.17) is 23.2 Å². The standard InChI is InChI=1S/C18H19Cl2N3O2/c1-2-4-17(24)22-14-7-8-15(20)16(10-14)23-18(25)11-21-13-6-3-5-12(19)9-13/h3,5-10,21H,2,4,11H2,1H3,(H,22,24)(H,23,25). The molecule has 0 spiro atoms. The third kappa shape index (κ3) is 6.29. The maximum atomic E-state index is 12.1. The Hall–Kier alpha value is -2.24. The first-order valence-corrected chi connectivity index (χ1v) is 8.62. The van der Waals surface area contributed by atoms with Gasteiger partial charge in [0, 0.05) is 22.8 Å². The van der Waals surface area contributed by atoms with Gasteiger partial charge in [-0.2, -0.15) is 0 Å². The maximum Gasteiger partial charge on any atom is 0.243 e. The highest BCUT2D eigenvalue weighted by Crippen LogP contribution is 2.25. The minimum atomic E-state index is -0.265. The van der Waals surface area contributed by atoms with Gasteiger partial charge in [0.15, 0.2) is 0 Å². The van der Waals surface area contributed by atoms with Crippen LogP contribution >= 0.6 is 23.2 Å². The van der Waals surface area contributed by atoms with Crippen LogP contribution in [0, 0.1) is 0 Å². The van der Waals surface area contributed by atoms with Crippen molar-refractivity contribution in [2.24, 2.45) is 0 Å². The van der Waals surface area contributed by atoms with Crippen LogP contribution in [0.5, 0.6) is 0 Å². The lowest BCUT2D eigenvalue weighted by molar-refractivity contribution is -0.116. The van der Waals surface area contributed by atoms with E-state index < -0.39 is 0 Å². The average molecular weight is 380 g/mol. The van der Waals surface area contributed by atoms with Gasteiger partial charge in [0.25, 0.3) is 0 Å². The second-order valence-electron chi connectivity index (χ2n) is 5.40. The number of carbonyl (C=O) groups excluding carboxylic acids is 2. The number of amides is 2. The molecule has 0 atom stereocenters. The lowest BCUT2D eigenvalue weighted by Gasteiger charge is -2.11. The van der Waals surface area contributed by atoms with E-state index in [1.165, 1.54) is 0 Å². The summed E-state index contributed by atoms with van der Waals surface area (Å²) >= 11 is 12.0. The number of hydrogen-bond acceptors (Lipinski definition) is 3. The Morgan fingerprint density at radius 3 is 2.48 bits per heavy atom. The van der Waals surface area contributed by atoms with Crippen molar-refractivity contribution in [3.8, 4) is 0 Å². The predicted molar refractivity (Wildman–Crippen MR) is 104 cm³/mol. The predicted octanol–water partition coefficient (Wildman–Crippen LogP) is 4.78. The van der Waals surface area contributed by atoms with Crippen LogP contribution in [0.15, 0.2) is 42.5 Å². The molecule has 0 fully saturated rings. The molecule has 0 heterocycles. The van der Waals surface area contributed by atoms with Gasteiger partial charge in [-0.05, 0) is 42.8 Å². The van der Waals surface area contributed by atoms with E-state index in [0.29, 0.717) is 27.8 Å². The van der Waals surface area contributed by atoms with Gasteiger partial charge >= 0.3 is 0 Å². The van der Waals surface area contributed by atoms with Crippen molar-refractivity contribution < 1.29 is 9.59 Å². The monoisotopic (exact) mass is 379 g/mol. The number of nitrogens with one attached hydrogen (secondary N) is 3. The van der Waals surface area contributed by atoms with E-state index in [9.17, 15) is 9.59 Å². The van der Waals surface area contributed by atoms with E-state index in [1.54, 1.807) is 36.4 Å². The van der Waals surface area contributed by atoms with Crippen molar-refractivity contribution in [3.63, 3.8) is 0 Å². The third-order valence-corrected chi connectivity index (χ3v) is 3.84. The fourth-order valence-corrected chi connectivity index (χ4v) is 2.48. The van der Waals surface area contributed by atoms with Crippen molar-refractivity contribution in [1.82, 2.24) is 0 Å². The van der Waals surface area contributed by atoms with Crippen LogP contribution in [0.4, 0.5) is 17.1 Å². The molecule has 0 saturated carbocycles. The van der Waals surface area contributed by atoms with Gasteiger partial charge in [-0.1, -0.05) is 36.2 Å². The fraction of sp³-hybridized carbons (Fsp3) is 0.222. The molecule has 7 heteroatoms. The topological polar surface area (TPSA) is 70.2 Å². The van der Waals surface area contributed by atoms with Crippen molar-refractivity contribution in [1.29, 1.82) is 0 Å². The summed E-state index contributed by atoms with van der Waals surface area (Å²) in [5, 5.41) is 9.45. The molecule has 0 saturated heterocycles. The smallest absolute Gasteiger partial charge is 0.243 e. The van der Waals surface area contributed by atoms with Gasteiger partial charge in [-0.15, -0.1) is 0 Å². The molecule has 0 unspecified atom stereocenters. The fourth-order valence-electron chi connectivity index (χ4n) is 2.12. The van der Waals surface area contributed by atoms with Crippen molar-refractivity contribution in [2.45, 2.75) is 19.8 Å². The van der Waals surface area contributed by atoms with Crippen molar-refractivity contribution in [3.05, 3.63) is 52.5 Å². The summed E-state index contributed by atoms with van der Waals surface area (Å²) in [5.41, 5.74) is 1.77. The van der Waals surface area contributed by atoms with Gasteiger partial charge in [0.05, 0.1) is 17.3 Å². The van der Waals surface area contributed by atoms with Crippen LogP contribution in [0.3, 0.4) is 0 Å². The Labute approximate surface area is 156 Å². The number of halogens is 2. The van der Waals surface area contributed by atoms with E-state index in [0.717, 1.165) is 12.1 Å².